The van der Waals surface area contributed by atoms with E-state index in [0.717, 1.165) is 23.0 Å². The summed E-state index contributed by atoms with van der Waals surface area (Å²) < 4.78 is 2.16. The van der Waals surface area contributed by atoms with Gasteiger partial charge in [-0.05, 0) is 28.6 Å². The van der Waals surface area contributed by atoms with Gasteiger partial charge >= 0.3 is 0 Å². The molecule has 1 aliphatic rings. The Balaban J connectivity index is 1.75. The number of amides is 2. The SMILES string of the molecule is C=S1C(=O)NC(=O)C1c1ccc2ccn(Cc3ccccc3)c2c1. The minimum atomic E-state index is -0.871. The van der Waals surface area contributed by atoms with Crippen LogP contribution in [0.5, 0.6) is 0 Å². The van der Waals surface area contributed by atoms with Crippen molar-refractivity contribution in [1.82, 2.24) is 9.88 Å². The van der Waals surface area contributed by atoms with Crippen molar-refractivity contribution in [3.63, 3.8) is 0 Å². The Kier molecular flexibility index (Phi) is 3.58. The summed E-state index contributed by atoms with van der Waals surface area (Å²) in [5.74, 6) is 3.62. The van der Waals surface area contributed by atoms with E-state index in [1.807, 2.05) is 42.6 Å². The molecule has 4 nitrogen and oxygen atoms in total. The van der Waals surface area contributed by atoms with Crippen LogP contribution in [-0.2, 0) is 11.3 Å². The molecule has 2 unspecified atom stereocenters. The molecule has 2 atom stereocenters. The molecule has 1 aromatic heterocycles. The second-order valence-electron chi connectivity index (χ2n) is 5.83. The van der Waals surface area contributed by atoms with Crippen LogP contribution in [0.4, 0.5) is 4.79 Å². The Labute approximate surface area is 142 Å². The van der Waals surface area contributed by atoms with Crippen LogP contribution in [0.25, 0.3) is 10.9 Å². The van der Waals surface area contributed by atoms with Crippen LogP contribution >= 0.6 is 10.5 Å². The van der Waals surface area contributed by atoms with Crippen molar-refractivity contribution in [2.24, 2.45) is 0 Å². The van der Waals surface area contributed by atoms with E-state index in [-0.39, 0.29) is 11.1 Å². The fourth-order valence-electron chi connectivity index (χ4n) is 3.07. The number of hydrogen-bond donors (Lipinski definition) is 1. The molecule has 4 rings (SSSR count). The van der Waals surface area contributed by atoms with Gasteiger partial charge in [-0.25, -0.2) is 0 Å². The molecule has 0 aliphatic carbocycles. The largest absolute Gasteiger partial charge is 0.343 e. The van der Waals surface area contributed by atoms with Crippen molar-refractivity contribution in [2.45, 2.75) is 11.8 Å². The van der Waals surface area contributed by atoms with E-state index in [1.54, 1.807) is 0 Å². The second kappa shape index (κ2) is 5.76. The van der Waals surface area contributed by atoms with E-state index in [9.17, 15) is 9.59 Å². The number of nitrogens with zero attached hydrogens (tertiary/aromatic N) is 1. The lowest BCUT2D eigenvalue weighted by molar-refractivity contribution is -0.119. The molecule has 3 aromatic rings. The number of carbonyl (C=O) groups is 2. The van der Waals surface area contributed by atoms with Crippen molar-refractivity contribution in [3.05, 3.63) is 71.9 Å². The number of nitrogens with one attached hydrogen (secondary N) is 1. The lowest BCUT2D eigenvalue weighted by Gasteiger charge is -2.11. The number of fused-ring (bicyclic) bond motifs is 1. The summed E-state index contributed by atoms with van der Waals surface area (Å²) in [7, 11) is -0.871. The monoisotopic (exact) mass is 336 g/mol. The molecule has 1 saturated heterocycles. The molecule has 0 radical (unpaired) electrons. The quantitative estimate of drug-likeness (QED) is 0.742. The molecule has 5 heteroatoms. The standard InChI is InChI=1S/C19H16N2O2S/c1-24-17(18(22)20-19(24)23)15-8-7-14-9-10-21(16(14)11-15)12-13-5-3-2-4-6-13/h2-11,17H,1,12H2,(H,20,22,23). The van der Waals surface area contributed by atoms with E-state index in [2.05, 4.69) is 34.0 Å². The predicted octanol–water partition coefficient (Wildman–Crippen LogP) is 3.68. The Hall–Kier alpha value is -2.66. The maximum absolute atomic E-state index is 12.1. The number of imide groups is 1. The Bertz CT molecular complexity index is 975. The first-order valence-corrected chi connectivity index (χ1v) is 9.09. The molecule has 2 heterocycles. The molecule has 120 valence electrons. The number of hydrogen-bond acceptors (Lipinski definition) is 2. The van der Waals surface area contributed by atoms with Gasteiger partial charge in [0.15, 0.2) is 0 Å². The smallest absolute Gasteiger partial charge is 0.280 e. The van der Waals surface area contributed by atoms with Crippen LogP contribution in [0.1, 0.15) is 16.4 Å². The van der Waals surface area contributed by atoms with Crippen molar-refractivity contribution in [3.8, 4) is 0 Å². The fraction of sp³-hybridized carbons (Fsp3) is 0.105. The van der Waals surface area contributed by atoms with Crippen LogP contribution in [-0.4, -0.2) is 21.6 Å². The van der Waals surface area contributed by atoms with Crippen molar-refractivity contribution < 1.29 is 9.59 Å². The van der Waals surface area contributed by atoms with Crippen LogP contribution < -0.4 is 5.32 Å². The maximum atomic E-state index is 12.1. The van der Waals surface area contributed by atoms with Gasteiger partial charge in [-0.1, -0.05) is 58.8 Å². The summed E-state index contributed by atoms with van der Waals surface area (Å²) in [6.45, 7) is 0.764. The molecule has 0 bridgehead atoms. The Morgan fingerprint density at radius 3 is 2.58 bits per heavy atom. The first-order valence-electron chi connectivity index (χ1n) is 7.64. The fourth-order valence-corrected chi connectivity index (χ4v) is 4.30. The number of aromatic nitrogens is 1. The van der Waals surface area contributed by atoms with Crippen molar-refractivity contribution in [2.75, 3.05) is 0 Å². The number of benzene rings is 2. The highest BCUT2D eigenvalue weighted by Crippen LogP contribution is 2.40. The van der Waals surface area contributed by atoms with Gasteiger partial charge in [0.1, 0.15) is 5.25 Å². The van der Waals surface area contributed by atoms with E-state index in [1.165, 1.54) is 5.56 Å². The summed E-state index contributed by atoms with van der Waals surface area (Å²) in [5, 5.41) is 2.73. The highest BCUT2D eigenvalue weighted by molar-refractivity contribution is 8.28. The predicted molar refractivity (Wildman–Crippen MR) is 98.5 cm³/mol. The molecule has 24 heavy (non-hydrogen) atoms. The van der Waals surface area contributed by atoms with Gasteiger partial charge in [0.05, 0.1) is 0 Å². The van der Waals surface area contributed by atoms with Crippen LogP contribution in [0.3, 0.4) is 0 Å². The third-order valence-electron chi connectivity index (χ3n) is 4.28. The van der Waals surface area contributed by atoms with E-state index in [4.69, 9.17) is 0 Å². The van der Waals surface area contributed by atoms with Gasteiger partial charge in [-0.2, -0.15) is 0 Å². The zero-order valence-corrected chi connectivity index (χ0v) is 13.8. The summed E-state index contributed by atoms with van der Waals surface area (Å²) >= 11 is 0. The second-order valence-corrected chi connectivity index (χ2v) is 7.53. The first kappa shape index (κ1) is 14.9. The van der Waals surface area contributed by atoms with Crippen LogP contribution in [0, 0.1) is 0 Å². The average molecular weight is 336 g/mol. The van der Waals surface area contributed by atoms with Gasteiger partial charge in [0, 0.05) is 18.3 Å². The van der Waals surface area contributed by atoms with E-state index < -0.39 is 15.7 Å². The lowest BCUT2D eigenvalue weighted by Crippen LogP contribution is -2.20. The average Bonchev–Trinajstić information content (AvgIpc) is 3.09. The molecule has 1 N–H and O–H groups in total. The van der Waals surface area contributed by atoms with Gasteiger partial charge in [-0.3, -0.25) is 14.9 Å². The molecular weight excluding hydrogens is 320 g/mol. The van der Waals surface area contributed by atoms with Gasteiger partial charge in [-0.15, -0.1) is 0 Å². The summed E-state index contributed by atoms with van der Waals surface area (Å²) in [5.41, 5.74) is 3.11. The van der Waals surface area contributed by atoms with Crippen LogP contribution in [0.15, 0.2) is 60.8 Å². The van der Waals surface area contributed by atoms with Gasteiger partial charge in [0.2, 0.25) is 5.91 Å². The number of carbonyl (C=O) groups excluding carboxylic acids is 2. The van der Waals surface area contributed by atoms with Crippen LogP contribution in [0.2, 0.25) is 0 Å². The van der Waals surface area contributed by atoms with Crippen molar-refractivity contribution >= 4 is 38.4 Å². The molecule has 2 aromatic carbocycles. The summed E-state index contributed by atoms with van der Waals surface area (Å²) in [4.78, 5) is 23.8. The minimum Gasteiger partial charge on any atom is -0.343 e. The summed E-state index contributed by atoms with van der Waals surface area (Å²) in [6.07, 6.45) is 2.05. The molecule has 1 fully saturated rings. The zero-order valence-electron chi connectivity index (χ0n) is 12.9. The summed E-state index contributed by atoms with van der Waals surface area (Å²) in [6, 6.07) is 18.2. The van der Waals surface area contributed by atoms with E-state index >= 15 is 0 Å². The minimum absolute atomic E-state index is 0.251. The highest BCUT2D eigenvalue weighted by atomic mass is 32.2. The maximum Gasteiger partial charge on any atom is 0.280 e. The molecule has 2 amide bonds. The molecular formula is C19H16N2O2S. The normalized spacial score (nSPS) is 20.5. The van der Waals surface area contributed by atoms with Gasteiger partial charge < -0.3 is 4.57 Å². The Morgan fingerprint density at radius 2 is 1.88 bits per heavy atom. The lowest BCUT2D eigenvalue weighted by atomic mass is 10.1. The molecule has 1 aliphatic heterocycles. The molecule has 0 saturated carbocycles. The highest BCUT2D eigenvalue weighted by Gasteiger charge is 2.35. The zero-order chi connectivity index (χ0) is 16.7. The third-order valence-corrected chi connectivity index (χ3v) is 5.92. The van der Waals surface area contributed by atoms with Crippen molar-refractivity contribution in [1.29, 1.82) is 0 Å². The van der Waals surface area contributed by atoms with E-state index in [0.29, 0.717) is 0 Å². The topological polar surface area (TPSA) is 51.1 Å². The first-order chi connectivity index (χ1) is 11.6. The Morgan fingerprint density at radius 1 is 1.08 bits per heavy atom. The molecule has 0 spiro atoms. The number of rotatable bonds is 3. The third kappa shape index (κ3) is 2.47. The van der Waals surface area contributed by atoms with Gasteiger partial charge in [0.25, 0.3) is 5.24 Å².